The maximum Gasteiger partial charge on any atom is 0.245 e. The smallest absolute Gasteiger partial charge is 0.245 e. The number of hydrogen-bond donors (Lipinski definition) is 0. The van der Waals surface area contributed by atoms with Gasteiger partial charge in [-0.05, 0) is 38.5 Å². The predicted molar refractivity (Wildman–Crippen MR) is 114 cm³/mol. The van der Waals surface area contributed by atoms with Crippen LogP contribution >= 0.6 is 0 Å². The first kappa shape index (κ1) is 22.3. The van der Waals surface area contributed by atoms with Crippen molar-refractivity contribution >= 4 is 11.7 Å². The lowest BCUT2D eigenvalue weighted by Gasteiger charge is -2.37. The van der Waals surface area contributed by atoms with Crippen molar-refractivity contribution in [3.63, 3.8) is 0 Å². The fourth-order valence-electron chi connectivity index (χ4n) is 2.99. The molecule has 0 saturated carbocycles. The molecule has 2 aromatic rings. The molecule has 1 amide bonds. The highest BCUT2D eigenvalue weighted by Gasteiger charge is 2.24. The van der Waals surface area contributed by atoms with Gasteiger partial charge in [0.2, 0.25) is 11.7 Å². The van der Waals surface area contributed by atoms with E-state index < -0.39 is 0 Å². The van der Waals surface area contributed by atoms with Crippen LogP contribution in [0.2, 0.25) is 0 Å². The van der Waals surface area contributed by atoms with E-state index in [1.165, 1.54) is 0 Å². The van der Waals surface area contributed by atoms with Crippen molar-refractivity contribution in [3.05, 3.63) is 54.0 Å². The van der Waals surface area contributed by atoms with Gasteiger partial charge in [-0.3, -0.25) is 14.8 Å². The Morgan fingerprint density at radius 1 is 1.14 bits per heavy atom. The van der Waals surface area contributed by atoms with E-state index in [2.05, 4.69) is 28.7 Å². The van der Waals surface area contributed by atoms with Crippen LogP contribution in [-0.4, -0.2) is 59.5 Å². The summed E-state index contributed by atoms with van der Waals surface area (Å²) in [5.41, 5.74) is 0.972. The second-order valence-corrected chi connectivity index (χ2v) is 7.66. The summed E-state index contributed by atoms with van der Waals surface area (Å²) in [6, 6.07) is 13.5. The van der Waals surface area contributed by atoms with Gasteiger partial charge in [-0.25, -0.2) is 4.98 Å². The van der Waals surface area contributed by atoms with Crippen LogP contribution in [0.5, 0.6) is 0 Å². The fourth-order valence-corrected chi connectivity index (χ4v) is 2.99. The van der Waals surface area contributed by atoms with Gasteiger partial charge in [0, 0.05) is 25.4 Å². The molecule has 1 aromatic heterocycles. The maximum absolute atomic E-state index is 13.3. The highest BCUT2D eigenvalue weighted by Crippen LogP contribution is 2.18. The average Bonchev–Trinajstić information content (AvgIpc) is 2.70. The Labute approximate surface area is 173 Å². The quantitative estimate of drug-likeness (QED) is 0.577. The van der Waals surface area contributed by atoms with Crippen LogP contribution < -0.4 is 5.01 Å². The molecule has 0 N–H and O–H groups in total. The first-order chi connectivity index (χ1) is 13.9. The van der Waals surface area contributed by atoms with Gasteiger partial charge < -0.3 is 4.90 Å². The molecule has 0 bridgehead atoms. The van der Waals surface area contributed by atoms with Crippen LogP contribution in [0.3, 0.4) is 0 Å². The number of hydrazine groups is 1. The summed E-state index contributed by atoms with van der Waals surface area (Å²) in [5.74, 6) is 0.973. The molecule has 7 nitrogen and oxygen atoms in total. The third-order valence-electron chi connectivity index (χ3n) is 4.30. The van der Waals surface area contributed by atoms with Crippen molar-refractivity contribution in [3.8, 4) is 6.07 Å². The highest BCUT2D eigenvalue weighted by molar-refractivity contribution is 5.80. The highest BCUT2D eigenvalue weighted by atomic mass is 16.2. The molecule has 2 rings (SSSR count). The zero-order chi connectivity index (χ0) is 21.2. The summed E-state index contributed by atoms with van der Waals surface area (Å²) in [6.45, 7) is 6.25. The lowest BCUT2D eigenvalue weighted by Crippen LogP contribution is -2.50. The molecule has 0 saturated heterocycles. The molecule has 29 heavy (non-hydrogen) atoms. The number of carbonyl (C=O) groups is 1. The number of rotatable bonds is 10. The van der Waals surface area contributed by atoms with Gasteiger partial charge in [-0.2, -0.15) is 10.2 Å². The minimum absolute atomic E-state index is 0.00715. The van der Waals surface area contributed by atoms with Gasteiger partial charge in [0.15, 0.2) is 5.82 Å². The Bertz CT molecular complexity index is 816. The number of nitrogens with zero attached hydrogens (tertiary/aromatic N) is 6. The standard InChI is InChI=1S/C22H30N6O/c1-18(2)17-28(21-11-12-24-20(16-23)25-21)27(14-8-13-26(3)4)22(29)15-19-9-6-5-7-10-19/h5-7,9-12,18H,8,13-15,17H2,1-4H3. The molecule has 0 fully saturated rings. The number of amides is 1. The Hall–Kier alpha value is -2.98. The van der Waals surface area contributed by atoms with E-state index in [0.29, 0.717) is 31.2 Å². The number of nitriles is 1. The summed E-state index contributed by atoms with van der Waals surface area (Å²) in [4.78, 5) is 23.7. The normalized spacial score (nSPS) is 10.8. The Morgan fingerprint density at radius 2 is 1.86 bits per heavy atom. The number of anilines is 1. The fraction of sp³-hybridized carbons (Fsp3) is 0.455. The molecule has 154 valence electrons. The lowest BCUT2D eigenvalue weighted by atomic mass is 10.1. The Balaban J connectivity index is 2.33. The largest absolute Gasteiger partial charge is 0.309 e. The van der Waals surface area contributed by atoms with Gasteiger partial charge in [-0.15, -0.1) is 0 Å². The summed E-state index contributed by atoms with van der Waals surface area (Å²) in [7, 11) is 4.04. The van der Waals surface area contributed by atoms with Gasteiger partial charge in [0.1, 0.15) is 6.07 Å². The van der Waals surface area contributed by atoms with Crippen LogP contribution in [0.25, 0.3) is 0 Å². The van der Waals surface area contributed by atoms with E-state index in [4.69, 9.17) is 0 Å². The van der Waals surface area contributed by atoms with Gasteiger partial charge in [-0.1, -0.05) is 44.2 Å². The van der Waals surface area contributed by atoms with Crippen LogP contribution in [0, 0.1) is 17.2 Å². The number of aromatic nitrogens is 2. The van der Waals surface area contributed by atoms with E-state index in [1.54, 1.807) is 17.3 Å². The molecule has 1 heterocycles. The average molecular weight is 395 g/mol. The first-order valence-corrected chi connectivity index (χ1v) is 9.90. The minimum atomic E-state index is 0.00715. The third kappa shape index (κ3) is 7.16. The topological polar surface area (TPSA) is 76.4 Å². The van der Waals surface area contributed by atoms with Crippen molar-refractivity contribution in [2.45, 2.75) is 26.7 Å². The van der Waals surface area contributed by atoms with E-state index in [0.717, 1.165) is 18.5 Å². The molecule has 0 aliphatic heterocycles. The molecule has 0 aliphatic carbocycles. The molecular weight excluding hydrogens is 364 g/mol. The van der Waals surface area contributed by atoms with Gasteiger partial charge in [0.05, 0.1) is 6.42 Å². The van der Waals surface area contributed by atoms with Gasteiger partial charge >= 0.3 is 0 Å². The molecule has 7 heteroatoms. The molecule has 0 atom stereocenters. The second kappa shape index (κ2) is 11.1. The second-order valence-electron chi connectivity index (χ2n) is 7.66. The number of hydrogen-bond acceptors (Lipinski definition) is 6. The summed E-state index contributed by atoms with van der Waals surface area (Å²) >= 11 is 0. The summed E-state index contributed by atoms with van der Waals surface area (Å²) < 4.78 is 0. The van der Waals surface area contributed by atoms with Crippen molar-refractivity contribution in [2.75, 3.05) is 38.7 Å². The zero-order valence-electron chi connectivity index (χ0n) is 17.7. The van der Waals surface area contributed by atoms with E-state index >= 15 is 0 Å². The van der Waals surface area contributed by atoms with Crippen molar-refractivity contribution in [1.29, 1.82) is 5.26 Å². The predicted octanol–water partition coefficient (Wildman–Crippen LogP) is 2.75. The first-order valence-electron chi connectivity index (χ1n) is 9.90. The molecular formula is C22H30N6O. The minimum Gasteiger partial charge on any atom is -0.309 e. The lowest BCUT2D eigenvalue weighted by molar-refractivity contribution is -0.131. The molecule has 0 unspecified atom stereocenters. The van der Waals surface area contributed by atoms with Gasteiger partial charge in [0.25, 0.3) is 0 Å². The van der Waals surface area contributed by atoms with Crippen LogP contribution in [0.1, 0.15) is 31.7 Å². The number of benzene rings is 1. The van der Waals surface area contributed by atoms with E-state index in [1.807, 2.05) is 55.5 Å². The Morgan fingerprint density at radius 3 is 2.48 bits per heavy atom. The summed E-state index contributed by atoms with van der Waals surface area (Å²) in [5, 5.41) is 12.9. The van der Waals surface area contributed by atoms with Crippen LogP contribution in [0.15, 0.2) is 42.6 Å². The molecule has 1 aromatic carbocycles. The van der Waals surface area contributed by atoms with E-state index in [-0.39, 0.29) is 11.7 Å². The Kier molecular flexibility index (Phi) is 8.56. The SMILES string of the molecule is CC(C)CN(c1ccnc(C#N)n1)N(CCCN(C)C)C(=O)Cc1ccccc1. The monoisotopic (exact) mass is 394 g/mol. The van der Waals surface area contributed by atoms with E-state index in [9.17, 15) is 10.1 Å². The molecule has 0 radical (unpaired) electrons. The van der Waals surface area contributed by atoms with Crippen molar-refractivity contribution < 1.29 is 4.79 Å². The number of carbonyl (C=O) groups excluding carboxylic acids is 1. The third-order valence-corrected chi connectivity index (χ3v) is 4.30. The van der Waals surface area contributed by atoms with Crippen molar-refractivity contribution in [1.82, 2.24) is 19.9 Å². The summed E-state index contributed by atoms with van der Waals surface area (Å²) in [6.07, 6.45) is 2.71. The molecule has 0 aliphatic rings. The van der Waals surface area contributed by atoms with Crippen LogP contribution in [-0.2, 0) is 11.2 Å². The van der Waals surface area contributed by atoms with Crippen LogP contribution in [0.4, 0.5) is 5.82 Å². The molecule has 0 spiro atoms. The van der Waals surface area contributed by atoms with Crippen molar-refractivity contribution in [2.24, 2.45) is 5.92 Å². The maximum atomic E-state index is 13.3. The zero-order valence-corrected chi connectivity index (χ0v) is 17.7.